The quantitative estimate of drug-likeness (QED) is 0.0825. The first-order chi connectivity index (χ1) is 23.7. The molecule has 5 heteroatoms. The normalized spacial score (nSPS) is 10.3. The Morgan fingerprint density at radius 3 is 1.12 bits per heavy atom. The van der Waals surface area contributed by atoms with Gasteiger partial charge in [-0.3, -0.25) is 0 Å². The number of aliphatic hydroxyl groups is 1. The predicted molar refractivity (Wildman–Crippen MR) is 194 cm³/mol. The molecule has 0 amide bonds. The van der Waals surface area contributed by atoms with Gasteiger partial charge in [-0.2, -0.15) is 0 Å². The van der Waals surface area contributed by atoms with Gasteiger partial charge in [-0.25, -0.2) is 4.79 Å². The molecule has 240 valence electrons. The average molecular weight is 635 g/mol. The fourth-order valence-corrected chi connectivity index (χ4v) is 5.26. The minimum atomic E-state index is -0.451. The highest BCUT2D eigenvalue weighted by Gasteiger charge is 2.14. The van der Waals surface area contributed by atoms with E-state index in [0.29, 0.717) is 0 Å². The number of benzene rings is 6. The molecule has 0 saturated heterocycles. The van der Waals surface area contributed by atoms with Gasteiger partial charge in [0.1, 0.15) is 31.3 Å². The van der Waals surface area contributed by atoms with Gasteiger partial charge in [-0.1, -0.05) is 164 Å². The molecule has 0 aliphatic rings. The number of aliphatic hydroxyl groups excluding tert-OH is 1. The van der Waals surface area contributed by atoms with Gasteiger partial charge in [0, 0.05) is 28.3 Å². The monoisotopic (exact) mass is 634 g/mol. The van der Waals surface area contributed by atoms with Crippen molar-refractivity contribution in [2.24, 2.45) is 0 Å². The molecule has 0 fully saturated rings. The molecule has 0 radical (unpaired) electrons. The number of para-hydroxylation sites is 2. The number of carbonyl (C=O) groups is 1. The van der Waals surface area contributed by atoms with Crippen LogP contribution in [0.4, 0.5) is 0 Å². The summed E-state index contributed by atoms with van der Waals surface area (Å²) in [6.45, 7) is 4.10. The van der Waals surface area contributed by atoms with Crippen molar-refractivity contribution < 1.29 is 24.1 Å². The van der Waals surface area contributed by atoms with E-state index in [1.165, 1.54) is 0 Å². The maximum Gasteiger partial charge on any atom is 0.330 e. The Morgan fingerprint density at radius 2 is 0.812 bits per heavy atom. The molecule has 0 atom stereocenters. The van der Waals surface area contributed by atoms with Crippen LogP contribution >= 0.6 is 0 Å². The van der Waals surface area contributed by atoms with Gasteiger partial charge in [0.25, 0.3) is 0 Å². The Labute approximate surface area is 282 Å². The van der Waals surface area contributed by atoms with E-state index in [2.05, 4.69) is 67.2 Å². The lowest BCUT2D eigenvalue weighted by Crippen LogP contribution is -2.11. The minimum Gasteiger partial charge on any atom is -0.490 e. The SMILES string of the molecule is C=CC(=O)OCCOc1c(-c2ccccc2)cccc1-c1ccccc1.OCCOc1c(-c2ccccc2)cccc1-c1ccccc1. The van der Waals surface area contributed by atoms with E-state index in [0.717, 1.165) is 62.1 Å². The first-order valence-electron chi connectivity index (χ1n) is 15.8. The third-order valence-corrected chi connectivity index (χ3v) is 7.45. The van der Waals surface area contributed by atoms with Gasteiger partial charge in [-0.15, -0.1) is 0 Å². The fraction of sp³-hybridized carbons (Fsp3) is 0.0930. The smallest absolute Gasteiger partial charge is 0.330 e. The highest BCUT2D eigenvalue weighted by Crippen LogP contribution is 2.40. The number of ether oxygens (including phenoxy) is 3. The number of carbonyl (C=O) groups excluding carboxylic acids is 1. The molecule has 1 N–H and O–H groups in total. The van der Waals surface area contributed by atoms with Crippen LogP contribution in [0.15, 0.2) is 170 Å². The third-order valence-electron chi connectivity index (χ3n) is 7.45. The number of hydrogen-bond acceptors (Lipinski definition) is 5. The van der Waals surface area contributed by atoms with Crippen LogP contribution < -0.4 is 9.47 Å². The highest BCUT2D eigenvalue weighted by molar-refractivity contribution is 5.84. The number of hydrogen-bond donors (Lipinski definition) is 1. The Balaban J connectivity index is 0.000000190. The predicted octanol–water partition coefficient (Wildman–Crippen LogP) is 9.52. The van der Waals surface area contributed by atoms with Crippen molar-refractivity contribution in [1.82, 2.24) is 0 Å². The number of rotatable bonds is 12. The first-order valence-corrected chi connectivity index (χ1v) is 15.8. The summed E-state index contributed by atoms with van der Waals surface area (Å²) in [4.78, 5) is 11.2. The third kappa shape index (κ3) is 8.87. The van der Waals surface area contributed by atoms with Crippen molar-refractivity contribution in [3.8, 4) is 56.0 Å². The van der Waals surface area contributed by atoms with Crippen molar-refractivity contribution in [2.45, 2.75) is 0 Å². The zero-order chi connectivity index (χ0) is 33.4. The molecule has 5 nitrogen and oxygen atoms in total. The molecular formula is C43H38O5. The van der Waals surface area contributed by atoms with Crippen molar-refractivity contribution >= 4 is 5.97 Å². The van der Waals surface area contributed by atoms with Crippen LogP contribution in [-0.2, 0) is 9.53 Å². The number of esters is 1. The van der Waals surface area contributed by atoms with Crippen molar-refractivity contribution in [1.29, 1.82) is 0 Å². The van der Waals surface area contributed by atoms with Crippen LogP contribution in [0.1, 0.15) is 0 Å². The standard InChI is InChI=1S/C23H20O3.C20H18O2/c1-2-22(24)25-16-17-26-23-20(18-10-5-3-6-11-18)14-9-15-21(23)19-12-7-4-8-13-19;21-14-15-22-20-18(16-8-3-1-4-9-16)12-7-13-19(20)17-10-5-2-6-11-17/h2-15H,1,16-17H2;1-13,21H,14-15H2. The summed E-state index contributed by atoms with van der Waals surface area (Å²) in [5.74, 6) is 1.14. The van der Waals surface area contributed by atoms with Crippen molar-refractivity contribution in [3.63, 3.8) is 0 Å². The van der Waals surface area contributed by atoms with Gasteiger partial charge in [0.05, 0.1) is 6.61 Å². The molecule has 0 aliphatic carbocycles. The lowest BCUT2D eigenvalue weighted by atomic mass is 9.97. The second-order valence-electron chi connectivity index (χ2n) is 10.6. The molecule has 0 heterocycles. The molecule has 0 bridgehead atoms. The van der Waals surface area contributed by atoms with Crippen molar-refractivity contribution in [3.05, 3.63) is 170 Å². The highest BCUT2D eigenvalue weighted by atomic mass is 16.6. The van der Waals surface area contributed by atoms with E-state index in [9.17, 15) is 4.79 Å². The van der Waals surface area contributed by atoms with Crippen LogP contribution in [0.3, 0.4) is 0 Å². The summed E-state index contributed by atoms with van der Waals surface area (Å²) in [6, 6.07) is 52.7. The average Bonchev–Trinajstić information content (AvgIpc) is 3.17. The van der Waals surface area contributed by atoms with Gasteiger partial charge < -0.3 is 19.3 Å². The molecule has 0 saturated carbocycles. The lowest BCUT2D eigenvalue weighted by molar-refractivity contribution is -0.138. The van der Waals surface area contributed by atoms with Crippen molar-refractivity contribution in [2.75, 3.05) is 26.4 Å². The van der Waals surface area contributed by atoms with Gasteiger partial charge in [-0.05, 0) is 22.3 Å². The molecule has 0 unspecified atom stereocenters. The molecule has 0 aromatic heterocycles. The summed E-state index contributed by atoms with van der Waals surface area (Å²) >= 11 is 0. The Morgan fingerprint density at radius 1 is 0.479 bits per heavy atom. The molecule has 6 aromatic rings. The van der Waals surface area contributed by atoms with E-state index < -0.39 is 5.97 Å². The second kappa shape index (κ2) is 17.7. The summed E-state index contributed by atoms with van der Waals surface area (Å²) in [5, 5.41) is 9.13. The topological polar surface area (TPSA) is 65.0 Å². The summed E-state index contributed by atoms with van der Waals surface area (Å²) in [7, 11) is 0. The Kier molecular flexibility index (Phi) is 12.3. The largest absolute Gasteiger partial charge is 0.490 e. The summed E-state index contributed by atoms with van der Waals surface area (Å²) in [5.41, 5.74) is 8.43. The molecule has 0 aliphatic heterocycles. The molecule has 6 aromatic carbocycles. The van der Waals surface area contributed by atoms with Gasteiger partial charge in [0.15, 0.2) is 0 Å². The van der Waals surface area contributed by atoms with Gasteiger partial charge in [0.2, 0.25) is 0 Å². The van der Waals surface area contributed by atoms with Crippen LogP contribution in [0, 0.1) is 0 Å². The maximum absolute atomic E-state index is 11.2. The zero-order valence-corrected chi connectivity index (χ0v) is 26.7. The molecule has 0 spiro atoms. The van der Waals surface area contributed by atoms with E-state index >= 15 is 0 Å². The Bertz CT molecular complexity index is 1760. The van der Waals surface area contributed by atoms with Crippen LogP contribution in [0.25, 0.3) is 44.5 Å². The molecule has 6 rings (SSSR count). The Hall–Kier alpha value is -5.91. The second-order valence-corrected chi connectivity index (χ2v) is 10.6. The lowest BCUT2D eigenvalue weighted by Gasteiger charge is -2.16. The van der Waals surface area contributed by atoms with E-state index in [1.807, 2.05) is 97.1 Å². The van der Waals surface area contributed by atoms with Gasteiger partial charge >= 0.3 is 5.97 Å². The molecular weight excluding hydrogens is 596 g/mol. The summed E-state index contributed by atoms with van der Waals surface area (Å²) < 4.78 is 17.0. The first kappa shape index (κ1) is 33.5. The minimum absolute atomic E-state index is 0.00263. The summed E-state index contributed by atoms with van der Waals surface area (Å²) in [6.07, 6.45) is 1.15. The van der Waals surface area contributed by atoms with E-state index in [1.54, 1.807) is 0 Å². The fourth-order valence-electron chi connectivity index (χ4n) is 5.26. The zero-order valence-electron chi connectivity index (χ0n) is 26.7. The van der Waals surface area contributed by atoms with E-state index in [-0.39, 0.29) is 26.4 Å². The van der Waals surface area contributed by atoms with Crippen LogP contribution in [0.5, 0.6) is 11.5 Å². The van der Waals surface area contributed by atoms with Crippen LogP contribution in [-0.4, -0.2) is 37.5 Å². The maximum atomic E-state index is 11.2. The van der Waals surface area contributed by atoms with E-state index in [4.69, 9.17) is 19.3 Å². The van der Waals surface area contributed by atoms with Crippen LogP contribution in [0.2, 0.25) is 0 Å². The molecule has 48 heavy (non-hydrogen) atoms.